The van der Waals surface area contributed by atoms with Crippen LogP contribution in [0.2, 0.25) is 0 Å². The molecule has 1 nitrogen and oxygen atoms in total. The van der Waals surface area contributed by atoms with Crippen LogP contribution in [0, 0.1) is 11.8 Å². The van der Waals surface area contributed by atoms with Crippen molar-refractivity contribution in [3.63, 3.8) is 0 Å². The molecule has 1 heterocycles. The van der Waals surface area contributed by atoms with Gasteiger partial charge in [0.1, 0.15) is 6.17 Å². The molecule has 0 spiro atoms. The van der Waals surface area contributed by atoms with E-state index in [-0.39, 0.29) is 5.92 Å². The predicted octanol–water partition coefficient (Wildman–Crippen LogP) is 3.10. The molecule has 0 amide bonds. The predicted molar refractivity (Wildman–Crippen MR) is 59.2 cm³/mol. The lowest BCUT2D eigenvalue weighted by molar-refractivity contribution is 0.0403. The van der Waals surface area contributed by atoms with E-state index in [1.165, 1.54) is 0 Å². The summed E-state index contributed by atoms with van der Waals surface area (Å²) in [5.74, 6) is 0.777. The first-order valence-electron chi connectivity index (χ1n) is 5.94. The highest BCUT2D eigenvalue weighted by Gasteiger charge is 2.32. The van der Waals surface area contributed by atoms with Gasteiger partial charge in [0.2, 0.25) is 0 Å². The minimum atomic E-state index is -0.613. The number of piperidine rings is 1. The smallest absolute Gasteiger partial charge is 0.116 e. The summed E-state index contributed by atoms with van der Waals surface area (Å²) in [6.07, 6.45) is 1.54. The summed E-state index contributed by atoms with van der Waals surface area (Å²) >= 11 is 0. The van der Waals surface area contributed by atoms with E-state index < -0.39 is 6.17 Å². The van der Waals surface area contributed by atoms with Crippen LogP contribution in [-0.2, 0) is 0 Å². The maximum atomic E-state index is 13.8. The first kappa shape index (κ1) is 12.0. The van der Waals surface area contributed by atoms with Crippen LogP contribution >= 0.6 is 0 Å². The minimum absolute atomic E-state index is 0.287. The molecule has 0 saturated carbocycles. The highest BCUT2D eigenvalue weighted by molar-refractivity contribution is 4.83. The van der Waals surface area contributed by atoms with Gasteiger partial charge >= 0.3 is 0 Å². The Morgan fingerprint density at radius 3 is 2.43 bits per heavy atom. The molecule has 1 saturated heterocycles. The lowest BCUT2D eigenvalue weighted by Gasteiger charge is -2.39. The molecular weight excluding hydrogens is 177 g/mol. The maximum absolute atomic E-state index is 13.8. The van der Waals surface area contributed by atoms with Gasteiger partial charge in [0.05, 0.1) is 0 Å². The van der Waals surface area contributed by atoms with Crippen LogP contribution in [-0.4, -0.2) is 30.2 Å². The summed E-state index contributed by atoms with van der Waals surface area (Å²) in [7, 11) is 0. The fourth-order valence-corrected chi connectivity index (χ4v) is 2.36. The number of nitrogens with zero attached hydrogens (tertiary/aromatic N) is 1. The second-order valence-corrected chi connectivity index (χ2v) is 4.96. The molecule has 1 rings (SSSR count). The average Bonchev–Trinajstić information content (AvgIpc) is 2.15. The van der Waals surface area contributed by atoms with E-state index in [1.807, 2.05) is 0 Å². The fraction of sp³-hybridized carbons (Fsp3) is 1.00. The van der Waals surface area contributed by atoms with Crippen molar-refractivity contribution >= 4 is 0 Å². The van der Waals surface area contributed by atoms with Crippen LogP contribution in [0.1, 0.15) is 40.5 Å². The van der Waals surface area contributed by atoms with Crippen molar-refractivity contribution in [3.05, 3.63) is 0 Å². The zero-order valence-electron chi connectivity index (χ0n) is 9.96. The van der Waals surface area contributed by atoms with Gasteiger partial charge in [-0.2, -0.15) is 0 Å². The van der Waals surface area contributed by atoms with Crippen molar-refractivity contribution in [2.45, 2.75) is 52.8 Å². The number of hydrogen-bond donors (Lipinski definition) is 0. The SMILES string of the molecule is CCC(C)N1CCC(C(C)C)C(F)C1. The summed E-state index contributed by atoms with van der Waals surface area (Å²) in [6, 6.07) is 0.543. The third kappa shape index (κ3) is 2.69. The van der Waals surface area contributed by atoms with Crippen molar-refractivity contribution in [1.29, 1.82) is 0 Å². The molecule has 1 aliphatic rings. The quantitative estimate of drug-likeness (QED) is 0.678. The van der Waals surface area contributed by atoms with Gasteiger partial charge in [0, 0.05) is 12.6 Å². The fourth-order valence-electron chi connectivity index (χ4n) is 2.36. The van der Waals surface area contributed by atoms with Crippen LogP contribution < -0.4 is 0 Å². The minimum Gasteiger partial charge on any atom is -0.298 e. The second-order valence-electron chi connectivity index (χ2n) is 4.96. The largest absolute Gasteiger partial charge is 0.298 e. The second kappa shape index (κ2) is 5.11. The molecule has 0 aromatic carbocycles. The van der Waals surface area contributed by atoms with E-state index in [1.54, 1.807) is 0 Å². The molecule has 0 aromatic heterocycles. The van der Waals surface area contributed by atoms with Crippen molar-refractivity contribution in [1.82, 2.24) is 4.90 Å². The van der Waals surface area contributed by atoms with Crippen molar-refractivity contribution in [3.8, 4) is 0 Å². The average molecular weight is 201 g/mol. The van der Waals surface area contributed by atoms with Crippen LogP contribution in [0.5, 0.6) is 0 Å². The van der Waals surface area contributed by atoms with Crippen molar-refractivity contribution in [2.24, 2.45) is 11.8 Å². The number of halogens is 1. The van der Waals surface area contributed by atoms with Gasteiger partial charge < -0.3 is 0 Å². The lowest BCUT2D eigenvalue weighted by Crippen LogP contribution is -2.47. The van der Waals surface area contributed by atoms with Gasteiger partial charge in [-0.25, -0.2) is 4.39 Å². The van der Waals surface area contributed by atoms with Gasteiger partial charge in [-0.3, -0.25) is 4.90 Å². The molecule has 0 aliphatic carbocycles. The van der Waals surface area contributed by atoms with E-state index in [2.05, 4.69) is 32.6 Å². The Labute approximate surface area is 87.7 Å². The molecular formula is C12H24FN. The van der Waals surface area contributed by atoms with E-state index in [4.69, 9.17) is 0 Å². The first-order chi connectivity index (χ1) is 6.56. The third-order valence-electron chi connectivity index (χ3n) is 3.69. The van der Waals surface area contributed by atoms with Crippen molar-refractivity contribution in [2.75, 3.05) is 13.1 Å². The summed E-state index contributed by atoms with van der Waals surface area (Å²) in [6.45, 7) is 10.4. The Morgan fingerprint density at radius 2 is 2.00 bits per heavy atom. The molecule has 84 valence electrons. The molecule has 14 heavy (non-hydrogen) atoms. The van der Waals surface area contributed by atoms with Gasteiger partial charge in [0.25, 0.3) is 0 Å². The van der Waals surface area contributed by atoms with E-state index in [9.17, 15) is 4.39 Å². The molecule has 0 bridgehead atoms. The summed E-state index contributed by atoms with van der Waals surface area (Å²) < 4.78 is 13.8. The Kier molecular flexibility index (Phi) is 4.36. The third-order valence-corrected chi connectivity index (χ3v) is 3.69. The van der Waals surface area contributed by atoms with Crippen LogP contribution in [0.4, 0.5) is 4.39 Å². The van der Waals surface area contributed by atoms with E-state index in [0.717, 1.165) is 19.4 Å². The monoisotopic (exact) mass is 201 g/mol. The molecule has 0 N–H and O–H groups in total. The Morgan fingerprint density at radius 1 is 1.36 bits per heavy atom. The molecule has 1 fully saturated rings. The zero-order chi connectivity index (χ0) is 10.7. The van der Waals surface area contributed by atoms with Gasteiger partial charge in [-0.1, -0.05) is 20.8 Å². The highest BCUT2D eigenvalue weighted by atomic mass is 19.1. The van der Waals surface area contributed by atoms with E-state index in [0.29, 0.717) is 18.5 Å². The standard InChI is InChI=1S/C12H24FN/c1-5-10(4)14-7-6-11(9(2)3)12(13)8-14/h9-12H,5-8H2,1-4H3. The molecule has 0 radical (unpaired) electrons. The van der Waals surface area contributed by atoms with Gasteiger partial charge in [0.15, 0.2) is 0 Å². The molecule has 3 atom stereocenters. The van der Waals surface area contributed by atoms with Crippen LogP contribution in [0.25, 0.3) is 0 Å². The Balaban J connectivity index is 2.46. The highest BCUT2D eigenvalue weighted by Crippen LogP contribution is 2.28. The Bertz CT molecular complexity index is 170. The van der Waals surface area contributed by atoms with E-state index >= 15 is 0 Å². The van der Waals surface area contributed by atoms with Crippen LogP contribution in [0.15, 0.2) is 0 Å². The molecule has 3 unspecified atom stereocenters. The van der Waals surface area contributed by atoms with Gasteiger partial charge in [-0.05, 0) is 38.1 Å². The molecule has 0 aromatic rings. The Hall–Kier alpha value is -0.110. The van der Waals surface area contributed by atoms with Gasteiger partial charge in [-0.15, -0.1) is 0 Å². The topological polar surface area (TPSA) is 3.24 Å². The number of alkyl halides is 1. The normalized spacial score (nSPS) is 32.1. The molecule has 1 aliphatic heterocycles. The van der Waals surface area contributed by atoms with Crippen LogP contribution in [0.3, 0.4) is 0 Å². The summed E-state index contributed by atoms with van der Waals surface area (Å²) in [4.78, 5) is 2.30. The molecule has 2 heteroatoms. The number of rotatable bonds is 3. The summed E-state index contributed by atoms with van der Waals surface area (Å²) in [5.41, 5.74) is 0. The summed E-state index contributed by atoms with van der Waals surface area (Å²) in [5, 5.41) is 0. The van der Waals surface area contributed by atoms with Crippen molar-refractivity contribution < 1.29 is 4.39 Å². The zero-order valence-corrected chi connectivity index (χ0v) is 9.96. The number of likely N-dealkylation sites (tertiary alicyclic amines) is 1. The first-order valence-corrected chi connectivity index (χ1v) is 5.94. The number of hydrogen-bond acceptors (Lipinski definition) is 1. The lowest BCUT2D eigenvalue weighted by atomic mass is 9.85. The maximum Gasteiger partial charge on any atom is 0.116 e.